The van der Waals surface area contributed by atoms with Crippen LogP contribution in [0, 0.1) is 0 Å². The van der Waals surface area contributed by atoms with E-state index in [0.29, 0.717) is 18.5 Å². The Labute approximate surface area is 165 Å². The van der Waals surface area contributed by atoms with Gasteiger partial charge in [-0.25, -0.2) is 13.2 Å². The van der Waals surface area contributed by atoms with E-state index in [0.717, 1.165) is 0 Å². The predicted molar refractivity (Wildman–Crippen MR) is 103 cm³/mol. The minimum absolute atomic E-state index is 0.0537. The Balaban J connectivity index is 1.92. The lowest BCUT2D eigenvalue weighted by molar-refractivity contribution is -0.161. The molecule has 2 rings (SSSR count). The monoisotopic (exact) mass is 410 g/mol. The quantitative estimate of drug-likeness (QED) is 0.665. The molecule has 1 aliphatic rings. The summed E-state index contributed by atoms with van der Waals surface area (Å²) in [6.45, 7) is 4.99. The Morgan fingerprint density at radius 3 is 2.39 bits per heavy atom. The van der Waals surface area contributed by atoms with Crippen LogP contribution in [0.3, 0.4) is 0 Å². The van der Waals surface area contributed by atoms with Gasteiger partial charge in [-0.05, 0) is 39.3 Å². The fourth-order valence-electron chi connectivity index (χ4n) is 3.10. The molecule has 8 nitrogen and oxygen atoms in total. The summed E-state index contributed by atoms with van der Waals surface area (Å²) >= 11 is 0. The van der Waals surface area contributed by atoms with Gasteiger partial charge >= 0.3 is 5.97 Å². The molecule has 3 atom stereocenters. The molecule has 0 radical (unpaired) electrons. The molecule has 1 aromatic rings. The van der Waals surface area contributed by atoms with Gasteiger partial charge in [-0.1, -0.05) is 18.2 Å². The normalized spacial score (nSPS) is 20.0. The summed E-state index contributed by atoms with van der Waals surface area (Å²) in [6.07, 6.45) is -0.696. The van der Waals surface area contributed by atoms with Crippen molar-refractivity contribution in [2.24, 2.45) is 0 Å². The van der Waals surface area contributed by atoms with Crippen molar-refractivity contribution in [2.75, 3.05) is 18.1 Å². The first kappa shape index (κ1) is 21.9. The number of likely N-dealkylation sites (N-methyl/N-ethyl adjacent to an activating group) is 1. The number of rotatable bonds is 7. The van der Waals surface area contributed by atoms with Crippen molar-refractivity contribution in [2.45, 2.75) is 45.4 Å². The van der Waals surface area contributed by atoms with Crippen molar-refractivity contribution in [3.8, 4) is 0 Å². The molecule has 0 spiro atoms. The number of nitrogens with zero attached hydrogens (tertiary/aromatic N) is 1. The van der Waals surface area contributed by atoms with Crippen LogP contribution in [0.15, 0.2) is 30.3 Å². The zero-order valence-corrected chi connectivity index (χ0v) is 17.1. The van der Waals surface area contributed by atoms with Crippen LogP contribution in [0.5, 0.6) is 0 Å². The van der Waals surface area contributed by atoms with Crippen LogP contribution in [0.4, 0.5) is 0 Å². The molecule has 1 N–H and O–H groups in total. The lowest BCUT2D eigenvalue weighted by Crippen LogP contribution is -2.48. The second-order valence-electron chi connectivity index (χ2n) is 6.82. The topological polar surface area (TPSA) is 110 Å². The molecule has 1 fully saturated rings. The Morgan fingerprint density at radius 2 is 1.86 bits per heavy atom. The molecule has 0 aromatic heterocycles. The molecule has 1 aliphatic heterocycles. The van der Waals surface area contributed by atoms with Crippen LogP contribution in [0.2, 0.25) is 0 Å². The van der Waals surface area contributed by atoms with E-state index in [2.05, 4.69) is 5.32 Å². The van der Waals surface area contributed by atoms with Crippen LogP contribution in [0.1, 0.15) is 37.6 Å². The molecule has 2 unspecified atom stereocenters. The first-order chi connectivity index (χ1) is 13.1. The van der Waals surface area contributed by atoms with E-state index in [1.165, 1.54) is 18.7 Å². The van der Waals surface area contributed by atoms with Crippen LogP contribution >= 0.6 is 0 Å². The van der Waals surface area contributed by atoms with Crippen molar-refractivity contribution in [3.05, 3.63) is 35.9 Å². The highest BCUT2D eigenvalue weighted by atomic mass is 32.2. The molecule has 2 amide bonds. The minimum Gasteiger partial charge on any atom is -0.451 e. The van der Waals surface area contributed by atoms with Crippen molar-refractivity contribution in [1.29, 1.82) is 0 Å². The number of carbonyl (C=O) groups excluding carboxylic acids is 3. The summed E-state index contributed by atoms with van der Waals surface area (Å²) in [4.78, 5) is 38.5. The van der Waals surface area contributed by atoms with Crippen LogP contribution in [-0.2, 0) is 24.2 Å². The van der Waals surface area contributed by atoms with E-state index in [1.807, 2.05) is 0 Å². The maximum Gasteiger partial charge on any atom is 0.329 e. The predicted octanol–water partition coefficient (Wildman–Crippen LogP) is 0.772. The molecule has 0 bridgehead atoms. The second kappa shape index (κ2) is 9.18. The highest BCUT2D eigenvalue weighted by molar-refractivity contribution is 7.91. The van der Waals surface area contributed by atoms with Crippen LogP contribution in [-0.4, -0.2) is 67.3 Å². The average Bonchev–Trinajstić information content (AvgIpc) is 3.02. The average molecular weight is 410 g/mol. The number of carbonyl (C=O) groups is 3. The number of hydrogen-bond donors (Lipinski definition) is 1. The highest BCUT2D eigenvalue weighted by Crippen LogP contribution is 2.19. The zero-order chi connectivity index (χ0) is 20.9. The molecular formula is C19H26N2O6S. The van der Waals surface area contributed by atoms with E-state index in [-0.39, 0.29) is 11.5 Å². The van der Waals surface area contributed by atoms with Crippen molar-refractivity contribution >= 4 is 27.6 Å². The molecule has 28 heavy (non-hydrogen) atoms. The zero-order valence-electron chi connectivity index (χ0n) is 16.3. The van der Waals surface area contributed by atoms with Crippen molar-refractivity contribution < 1.29 is 27.5 Å². The molecule has 1 aromatic carbocycles. The molecule has 154 valence electrons. The van der Waals surface area contributed by atoms with Crippen LogP contribution in [0.25, 0.3) is 0 Å². The van der Waals surface area contributed by atoms with Gasteiger partial charge in [-0.15, -0.1) is 0 Å². The Bertz CT molecular complexity index is 824. The SMILES string of the molecule is CCN(C(=O)C(C)OC(=O)[C@H](C)NC(=O)c1ccccc1)C1CCS(=O)(=O)C1. The van der Waals surface area contributed by atoms with Crippen molar-refractivity contribution in [3.63, 3.8) is 0 Å². The molecule has 1 heterocycles. The summed E-state index contributed by atoms with van der Waals surface area (Å²) in [5.74, 6) is -1.62. The number of amides is 2. The highest BCUT2D eigenvalue weighted by Gasteiger charge is 2.36. The number of sulfone groups is 1. The van der Waals surface area contributed by atoms with Gasteiger partial charge in [0.1, 0.15) is 6.04 Å². The fraction of sp³-hybridized carbons (Fsp3) is 0.526. The first-order valence-corrected chi connectivity index (χ1v) is 11.0. The Kier molecular flexibility index (Phi) is 7.17. The van der Waals surface area contributed by atoms with Gasteiger partial charge in [0.2, 0.25) is 0 Å². The van der Waals surface area contributed by atoms with E-state index in [1.54, 1.807) is 37.3 Å². The fourth-order valence-corrected chi connectivity index (χ4v) is 4.83. The third-order valence-corrected chi connectivity index (χ3v) is 6.40. The largest absolute Gasteiger partial charge is 0.451 e. The van der Waals surface area contributed by atoms with E-state index in [4.69, 9.17) is 4.74 Å². The second-order valence-corrected chi connectivity index (χ2v) is 9.05. The molecular weight excluding hydrogens is 384 g/mol. The van der Waals surface area contributed by atoms with Crippen LogP contribution < -0.4 is 5.32 Å². The van der Waals surface area contributed by atoms with Gasteiger partial charge in [0.15, 0.2) is 15.9 Å². The smallest absolute Gasteiger partial charge is 0.329 e. The molecule has 0 saturated carbocycles. The maximum atomic E-state index is 12.6. The van der Waals surface area contributed by atoms with E-state index >= 15 is 0 Å². The van der Waals surface area contributed by atoms with Gasteiger partial charge in [0.05, 0.1) is 11.5 Å². The first-order valence-electron chi connectivity index (χ1n) is 9.22. The van der Waals surface area contributed by atoms with Crippen molar-refractivity contribution in [1.82, 2.24) is 10.2 Å². The summed E-state index contributed by atoms with van der Waals surface area (Å²) in [5, 5.41) is 2.53. The van der Waals surface area contributed by atoms with Gasteiger partial charge in [-0.3, -0.25) is 9.59 Å². The number of benzene rings is 1. The number of esters is 1. The van der Waals surface area contributed by atoms with Gasteiger partial charge < -0.3 is 15.0 Å². The maximum absolute atomic E-state index is 12.6. The lowest BCUT2D eigenvalue weighted by Gasteiger charge is -2.29. The number of hydrogen-bond acceptors (Lipinski definition) is 6. The summed E-state index contributed by atoms with van der Waals surface area (Å²) in [6, 6.07) is 7.09. The Hall–Kier alpha value is -2.42. The summed E-state index contributed by atoms with van der Waals surface area (Å²) in [5.41, 5.74) is 0.408. The number of nitrogens with one attached hydrogen (secondary N) is 1. The van der Waals surface area contributed by atoms with Gasteiger partial charge in [0, 0.05) is 18.2 Å². The standard InChI is InChI=1S/C19H26N2O6S/c1-4-21(16-10-11-28(25,26)12-16)18(23)14(3)27-19(24)13(2)20-17(22)15-8-6-5-7-9-15/h5-9,13-14,16H,4,10-12H2,1-3H3,(H,20,22)/t13-,14?,16?/m0/s1. The summed E-state index contributed by atoms with van der Waals surface area (Å²) < 4.78 is 28.6. The molecule has 9 heteroatoms. The van der Waals surface area contributed by atoms with E-state index in [9.17, 15) is 22.8 Å². The third kappa shape index (κ3) is 5.54. The minimum atomic E-state index is -3.14. The molecule has 0 aliphatic carbocycles. The van der Waals surface area contributed by atoms with E-state index < -0.39 is 45.8 Å². The summed E-state index contributed by atoms with van der Waals surface area (Å²) in [7, 11) is -3.14. The van der Waals surface area contributed by atoms with Gasteiger partial charge in [0.25, 0.3) is 11.8 Å². The Morgan fingerprint density at radius 1 is 1.21 bits per heavy atom. The third-order valence-electron chi connectivity index (χ3n) is 4.65. The number of ether oxygens (including phenoxy) is 1. The molecule has 1 saturated heterocycles. The lowest BCUT2D eigenvalue weighted by atomic mass is 10.2. The van der Waals surface area contributed by atoms with Gasteiger partial charge in [-0.2, -0.15) is 0 Å².